The maximum Gasteiger partial charge on any atom is 0.271 e. The zero-order valence-electron chi connectivity index (χ0n) is 16.2. The first-order valence-corrected chi connectivity index (χ1v) is 11.0. The molecule has 2 aromatic carbocycles. The minimum absolute atomic E-state index is 0.111. The molecule has 0 spiro atoms. The third-order valence-corrected chi connectivity index (χ3v) is 6.97. The average Bonchev–Trinajstić information content (AvgIpc) is 2.72. The second-order valence-corrected chi connectivity index (χ2v) is 8.57. The molecule has 0 fully saturated rings. The molecular formula is C21H25N3O3S. The summed E-state index contributed by atoms with van der Waals surface area (Å²) in [6.45, 7) is 4.33. The maximum atomic E-state index is 12.7. The van der Waals surface area contributed by atoms with E-state index in [1.54, 1.807) is 26.0 Å². The lowest BCUT2D eigenvalue weighted by Gasteiger charge is -2.19. The van der Waals surface area contributed by atoms with Crippen molar-refractivity contribution in [3.63, 3.8) is 0 Å². The maximum absolute atomic E-state index is 12.7. The van der Waals surface area contributed by atoms with E-state index in [0.717, 1.165) is 30.5 Å². The van der Waals surface area contributed by atoms with Crippen LogP contribution in [0.15, 0.2) is 58.5 Å². The first-order chi connectivity index (χ1) is 13.5. The van der Waals surface area contributed by atoms with Crippen molar-refractivity contribution >= 4 is 21.6 Å². The Bertz CT molecular complexity index is 995. The van der Waals surface area contributed by atoms with Crippen molar-refractivity contribution in [2.45, 2.75) is 38.0 Å². The number of carbonyl (C=O) groups is 1. The molecule has 1 aliphatic rings. The monoisotopic (exact) mass is 399 g/mol. The first kappa shape index (κ1) is 20.2. The Hall–Kier alpha value is -2.51. The lowest BCUT2D eigenvalue weighted by atomic mass is 9.90. The fourth-order valence-corrected chi connectivity index (χ4v) is 4.91. The van der Waals surface area contributed by atoms with E-state index in [1.165, 1.54) is 22.0 Å². The number of nitrogens with one attached hydrogen (secondary N) is 1. The Morgan fingerprint density at radius 2 is 1.82 bits per heavy atom. The summed E-state index contributed by atoms with van der Waals surface area (Å²) in [5, 5.41) is 4.32. The number of sulfonamides is 1. The standard InChI is InChI=1S/C21H25N3O3S/c1-3-24(4-2)28(26,27)18-12-7-11-17(15-18)21(25)23-22-20-14-8-10-16-9-5-6-13-19(16)20/h5-7,9,11-13,15H,3-4,8,10,14H2,1-2H3,(H,23,25). The van der Waals surface area contributed by atoms with Gasteiger partial charge in [0.25, 0.3) is 5.91 Å². The topological polar surface area (TPSA) is 78.8 Å². The normalized spacial score (nSPS) is 15.5. The Kier molecular flexibility index (Phi) is 6.26. The van der Waals surface area contributed by atoms with Crippen LogP contribution in [-0.4, -0.2) is 37.4 Å². The van der Waals surface area contributed by atoms with E-state index in [2.05, 4.69) is 16.6 Å². The molecule has 28 heavy (non-hydrogen) atoms. The van der Waals surface area contributed by atoms with Gasteiger partial charge in [0, 0.05) is 24.2 Å². The van der Waals surface area contributed by atoms with E-state index in [4.69, 9.17) is 0 Å². The predicted octanol–water partition coefficient (Wildman–Crippen LogP) is 3.19. The van der Waals surface area contributed by atoms with Crippen LogP contribution in [0.1, 0.15) is 48.2 Å². The van der Waals surface area contributed by atoms with Crippen molar-refractivity contribution in [1.82, 2.24) is 9.73 Å². The van der Waals surface area contributed by atoms with Crippen LogP contribution in [-0.2, 0) is 16.4 Å². The quantitative estimate of drug-likeness (QED) is 0.758. The van der Waals surface area contributed by atoms with Gasteiger partial charge in [0.15, 0.2) is 0 Å². The fraction of sp³-hybridized carbons (Fsp3) is 0.333. The van der Waals surface area contributed by atoms with E-state index < -0.39 is 15.9 Å². The minimum atomic E-state index is -3.62. The first-order valence-electron chi connectivity index (χ1n) is 9.52. The molecule has 1 N–H and O–H groups in total. The Morgan fingerprint density at radius 3 is 2.57 bits per heavy atom. The summed E-state index contributed by atoms with van der Waals surface area (Å²) in [5.74, 6) is -0.424. The molecule has 1 amide bonds. The fourth-order valence-electron chi connectivity index (χ4n) is 3.41. The number of nitrogens with zero attached hydrogens (tertiary/aromatic N) is 2. The average molecular weight is 400 g/mol. The summed E-state index contributed by atoms with van der Waals surface area (Å²) in [4.78, 5) is 12.7. The number of hydrogen-bond acceptors (Lipinski definition) is 4. The van der Waals surface area contributed by atoms with E-state index in [-0.39, 0.29) is 10.5 Å². The molecule has 148 valence electrons. The SMILES string of the molecule is CCN(CC)S(=O)(=O)c1cccc(C(=O)NN=C2CCCc3ccccc32)c1. The molecule has 0 bridgehead atoms. The molecule has 0 radical (unpaired) electrons. The lowest BCUT2D eigenvalue weighted by Crippen LogP contribution is -2.31. The number of aryl methyl sites for hydroxylation is 1. The largest absolute Gasteiger partial charge is 0.271 e. The number of carbonyl (C=O) groups excluding carboxylic acids is 1. The van der Waals surface area contributed by atoms with Crippen molar-refractivity contribution in [1.29, 1.82) is 0 Å². The molecule has 0 aromatic heterocycles. The van der Waals surface area contributed by atoms with Gasteiger partial charge in [-0.25, -0.2) is 13.8 Å². The molecule has 6 nitrogen and oxygen atoms in total. The van der Waals surface area contributed by atoms with Gasteiger partial charge in [0.05, 0.1) is 10.6 Å². The van der Waals surface area contributed by atoms with Crippen LogP contribution < -0.4 is 5.43 Å². The molecule has 0 unspecified atom stereocenters. The van der Waals surface area contributed by atoms with Crippen LogP contribution in [0, 0.1) is 0 Å². The number of hydrazone groups is 1. The van der Waals surface area contributed by atoms with Gasteiger partial charge in [-0.05, 0) is 43.0 Å². The summed E-state index contributed by atoms with van der Waals surface area (Å²) >= 11 is 0. The van der Waals surface area contributed by atoms with Gasteiger partial charge in [-0.2, -0.15) is 9.41 Å². The van der Waals surface area contributed by atoms with Crippen LogP contribution in [0.5, 0.6) is 0 Å². The summed E-state index contributed by atoms with van der Waals surface area (Å²) in [5.41, 5.74) is 5.99. The molecule has 1 aliphatic carbocycles. The molecule has 0 saturated heterocycles. The van der Waals surface area contributed by atoms with E-state index in [1.807, 2.05) is 18.2 Å². The second kappa shape index (κ2) is 8.67. The molecule has 0 atom stereocenters. The highest BCUT2D eigenvalue weighted by molar-refractivity contribution is 7.89. The van der Waals surface area contributed by atoms with Crippen LogP contribution in [0.2, 0.25) is 0 Å². The van der Waals surface area contributed by atoms with Gasteiger partial charge >= 0.3 is 0 Å². The van der Waals surface area contributed by atoms with Crippen molar-refractivity contribution < 1.29 is 13.2 Å². The zero-order chi connectivity index (χ0) is 20.1. The molecule has 7 heteroatoms. The van der Waals surface area contributed by atoms with Crippen LogP contribution >= 0.6 is 0 Å². The third kappa shape index (κ3) is 4.15. The number of hydrogen-bond donors (Lipinski definition) is 1. The summed E-state index contributed by atoms with van der Waals surface area (Å²) in [7, 11) is -3.62. The van der Waals surface area contributed by atoms with Crippen molar-refractivity contribution in [3.05, 3.63) is 65.2 Å². The predicted molar refractivity (Wildman–Crippen MR) is 110 cm³/mol. The van der Waals surface area contributed by atoms with Crippen LogP contribution in [0.4, 0.5) is 0 Å². The Balaban J connectivity index is 1.81. The summed E-state index contributed by atoms with van der Waals surface area (Å²) < 4.78 is 26.7. The van der Waals surface area contributed by atoms with Gasteiger partial charge in [-0.1, -0.05) is 44.2 Å². The van der Waals surface area contributed by atoms with Crippen LogP contribution in [0.25, 0.3) is 0 Å². The minimum Gasteiger partial charge on any atom is -0.267 e. The zero-order valence-corrected chi connectivity index (χ0v) is 17.0. The van der Waals surface area contributed by atoms with Gasteiger partial charge in [-0.15, -0.1) is 0 Å². The van der Waals surface area contributed by atoms with Crippen molar-refractivity contribution in [2.75, 3.05) is 13.1 Å². The number of fused-ring (bicyclic) bond motifs is 1. The van der Waals surface area contributed by atoms with E-state index in [0.29, 0.717) is 13.1 Å². The summed E-state index contributed by atoms with van der Waals surface area (Å²) in [6.07, 6.45) is 2.80. The van der Waals surface area contributed by atoms with Crippen molar-refractivity contribution in [2.24, 2.45) is 5.10 Å². The number of rotatable bonds is 6. The van der Waals surface area contributed by atoms with Gasteiger partial charge in [0.1, 0.15) is 0 Å². The molecular weight excluding hydrogens is 374 g/mol. The third-order valence-electron chi connectivity index (χ3n) is 4.92. The van der Waals surface area contributed by atoms with Crippen LogP contribution in [0.3, 0.4) is 0 Å². The highest BCUT2D eigenvalue weighted by Gasteiger charge is 2.22. The summed E-state index contributed by atoms with van der Waals surface area (Å²) in [6, 6.07) is 14.1. The van der Waals surface area contributed by atoms with Crippen molar-refractivity contribution in [3.8, 4) is 0 Å². The lowest BCUT2D eigenvalue weighted by molar-refractivity contribution is 0.0954. The smallest absolute Gasteiger partial charge is 0.267 e. The molecule has 2 aromatic rings. The second-order valence-electron chi connectivity index (χ2n) is 6.63. The van der Waals surface area contributed by atoms with E-state index >= 15 is 0 Å². The molecule has 0 saturated carbocycles. The molecule has 3 rings (SSSR count). The Morgan fingerprint density at radius 1 is 1.07 bits per heavy atom. The van der Waals surface area contributed by atoms with E-state index in [9.17, 15) is 13.2 Å². The Labute approximate surface area is 166 Å². The highest BCUT2D eigenvalue weighted by atomic mass is 32.2. The molecule has 0 aliphatic heterocycles. The molecule has 0 heterocycles. The van der Waals surface area contributed by atoms with Gasteiger partial charge in [0.2, 0.25) is 10.0 Å². The van der Waals surface area contributed by atoms with Gasteiger partial charge in [-0.3, -0.25) is 4.79 Å². The highest BCUT2D eigenvalue weighted by Crippen LogP contribution is 2.21. The number of benzene rings is 2. The number of amides is 1. The van der Waals surface area contributed by atoms with Gasteiger partial charge < -0.3 is 0 Å².